The van der Waals surface area contributed by atoms with Crippen LogP contribution in [0, 0.1) is 13.8 Å². The van der Waals surface area contributed by atoms with Gasteiger partial charge in [0.1, 0.15) is 5.69 Å². The van der Waals surface area contributed by atoms with Gasteiger partial charge in [-0.2, -0.15) is 0 Å². The number of hydrogen-bond donors (Lipinski definition) is 2. The van der Waals surface area contributed by atoms with Crippen LogP contribution in [0.5, 0.6) is 0 Å². The number of H-pyrrole nitrogens is 1. The summed E-state index contributed by atoms with van der Waals surface area (Å²) in [5.74, 6) is -0.451. The second-order valence-corrected chi connectivity index (χ2v) is 5.64. The van der Waals surface area contributed by atoms with E-state index in [1.54, 1.807) is 13.8 Å². The van der Waals surface area contributed by atoms with Crippen LogP contribution in [0.4, 0.5) is 0 Å². The van der Waals surface area contributed by atoms with E-state index < -0.39 is 5.97 Å². The van der Waals surface area contributed by atoms with E-state index in [9.17, 15) is 9.59 Å². The minimum atomic E-state index is -0.437. The molecule has 1 heterocycles. The maximum Gasteiger partial charge on any atom is 0.339 e. The molecule has 1 atom stereocenters. The van der Waals surface area contributed by atoms with Crippen molar-refractivity contribution in [2.24, 2.45) is 0 Å². The lowest BCUT2D eigenvalue weighted by Crippen LogP contribution is -2.28. The van der Waals surface area contributed by atoms with Gasteiger partial charge in [-0.15, -0.1) is 0 Å². The number of aromatic nitrogens is 1. The number of carbonyl (C=O) groups is 2. The lowest BCUT2D eigenvalue weighted by atomic mass is 10.0. The standard InChI is InChI=1S/C18H22N2O3/c1-11(14-8-6-5-7-9-14)10-19-17(21)16-12(2)15(13(3)20-16)18(22)23-4/h5-9,11,20H,10H2,1-4H3,(H,19,21). The summed E-state index contributed by atoms with van der Waals surface area (Å²) < 4.78 is 4.76. The molecule has 0 spiro atoms. The van der Waals surface area contributed by atoms with E-state index in [2.05, 4.69) is 17.2 Å². The van der Waals surface area contributed by atoms with Crippen molar-refractivity contribution in [1.82, 2.24) is 10.3 Å². The first-order valence-corrected chi connectivity index (χ1v) is 7.56. The highest BCUT2D eigenvalue weighted by Crippen LogP contribution is 2.19. The zero-order valence-corrected chi connectivity index (χ0v) is 13.9. The van der Waals surface area contributed by atoms with Crippen LogP contribution in [0.3, 0.4) is 0 Å². The molecule has 23 heavy (non-hydrogen) atoms. The summed E-state index contributed by atoms with van der Waals surface area (Å²) in [6, 6.07) is 10.0. The summed E-state index contributed by atoms with van der Waals surface area (Å²) in [6.45, 7) is 6.07. The van der Waals surface area contributed by atoms with E-state index >= 15 is 0 Å². The number of aromatic amines is 1. The van der Waals surface area contributed by atoms with E-state index in [4.69, 9.17) is 4.74 Å². The molecule has 0 radical (unpaired) electrons. The monoisotopic (exact) mass is 314 g/mol. The van der Waals surface area contributed by atoms with Gasteiger partial charge in [-0.05, 0) is 30.9 Å². The average molecular weight is 314 g/mol. The fourth-order valence-corrected chi connectivity index (χ4v) is 2.62. The Hall–Kier alpha value is -2.56. The van der Waals surface area contributed by atoms with Gasteiger partial charge < -0.3 is 15.0 Å². The number of benzene rings is 1. The Morgan fingerprint density at radius 1 is 1.22 bits per heavy atom. The Bertz CT molecular complexity index is 705. The predicted molar refractivity (Wildman–Crippen MR) is 88.8 cm³/mol. The minimum absolute atomic E-state index is 0.205. The molecule has 2 N–H and O–H groups in total. The summed E-state index contributed by atoms with van der Waals surface area (Å²) in [4.78, 5) is 27.1. The summed E-state index contributed by atoms with van der Waals surface area (Å²) in [6.07, 6.45) is 0. The maximum atomic E-state index is 12.4. The smallest absolute Gasteiger partial charge is 0.339 e. The fraction of sp³-hybridized carbons (Fsp3) is 0.333. The number of esters is 1. The Labute approximate surface area is 136 Å². The molecule has 0 aliphatic rings. The van der Waals surface area contributed by atoms with Crippen molar-refractivity contribution in [2.45, 2.75) is 26.7 Å². The molecule has 1 aromatic heterocycles. The first-order valence-electron chi connectivity index (χ1n) is 7.56. The van der Waals surface area contributed by atoms with Gasteiger partial charge in [-0.1, -0.05) is 37.3 Å². The number of aryl methyl sites for hydroxylation is 1. The van der Waals surface area contributed by atoms with Crippen LogP contribution in [0.25, 0.3) is 0 Å². The third-order valence-corrected chi connectivity index (χ3v) is 3.99. The molecule has 5 heteroatoms. The molecule has 5 nitrogen and oxygen atoms in total. The van der Waals surface area contributed by atoms with Crippen LogP contribution in [0.15, 0.2) is 30.3 Å². The summed E-state index contributed by atoms with van der Waals surface area (Å²) >= 11 is 0. The van der Waals surface area contributed by atoms with E-state index in [0.29, 0.717) is 29.1 Å². The highest BCUT2D eigenvalue weighted by atomic mass is 16.5. The molecule has 2 aromatic rings. The Kier molecular flexibility index (Phi) is 5.21. The molecule has 0 fully saturated rings. The van der Waals surface area contributed by atoms with Gasteiger partial charge in [0.05, 0.1) is 12.7 Å². The van der Waals surface area contributed by atoms with Crippen molar-refractivity contribution in [3.63, 3.8) is 0 Å². The summed E-state index contributed by atoms with van der Waals surface area (Å²) in [5.41, 5.74) is 3.24. The van der Waals surface area contributed by atoms with E-state index in [0.717, 1.165) is 0 Å². The van der Waals surface area contributed by atoms with Gasteiger partial charge in [0.15, 0.2) is 0 Å². The van der Waals surface area contributed by atoms with Crippen molar-refractivity contribution < 1.29 is 14.3 Å². The van der Waals surface area contributed by atoms with Gasteiger partial charge in [-0.3, -0.25) is 4.79 Å². The quantitative estimate of drug-likeness (QED) is 0.834. The zero-order valence-electron chi connectivity index (χ0n) is 13.9. The molecule has 122 valence electrons. The molecule has 1 amide bonds. The Morgan fingerprint density at radius 3 is 2.48 bits per heavy atom. The van der Waals surface area contributed by atoms with Gasteiger partial charge in [0.2, 0.25) is 0 Å². The number of rotatable bonds is 5. The fourth-order valence-electron chi connectivity index (χ4n) is 2.62. The van der Waals surface area contributed by atoms with Crippen molar-refractivity contribution in [3.8, 4) is 0 Å². The van der Waals surface area contributed by atoms with Gasteiger partial charge in [0, 0.05) is 12.2 Å². The Morgan fingerprint density at radius 2 is 1.87 bits per heavy atom. The lowest BCUT2D eigenvalue weighted by Gasteiger charge is -2.13. The van der Waals surface area contributed by atoms with E-state index in [-0.39, 0.29) is 11.8 Å². The molecule has 0 saturated carbocycles. The molecule has 0 aliphatic heterocycles. The average Bonchev–Trinajstić information content (AvgIpc) is 2.87. The number of carbonyl (C=O) groups excluding carboxylic acids is 2. The second kappa shape index (κ2) is 7.13. The molecular formula is C18H22N2O3. The first kappa shape index (κ1) is 16.8. The highest BCUT2D eigenvalue weighted by Gasteiger charge is 2.22. The van der Waals surface area contributed by atoms with Gasteiger partial charge in [0.25, 0.3) is 5.91 Å². The minimum Gasteiger partial charge on any atom is -0.465 e. The summed E-state index contributed by atoms with van der Waals surface area (Å²) in [7, 11) is 1.33. The van der Waals surface area contributed by atoms with Crippen LogP contribution < -0.4 is 5.32 Å². The number of nitrogens with one attached hydrogen (secondary N) is 2. The lowest BCUT2D eigenvalue weighted by molar-refractivity contribution is 0.0599. The van der Waals surface area contributed by atoms with Gasteiger partial charge >= 0.3 is 5.97 Å². The molecule has 1 unspecified atom stereocenters. The molecule has 1 aromatic carbocycles. The second-order valence-electron chi connectivity index (χ2n) is 5.64. The third-order valence-electron chi connectivity index (χ3n) is 3.99. The van der Waals surface area contributed by atoms with Crippen LogP contribution in [0.2, 0.25) is 0 Å². The number of hydrogen-bond acceptors (Lipinski definition) is 3. The molecular weight excluding hydrogens is 292 g/mol. The third kappa shape index (κ3) is 3.62. The molecule has 0 saturated heterocycles. The normalized spacial score (nSPS) is 11.8. The van der Waals surface area contributed by atoms with Gasteiger partial charge in [-0.25, -0.2) is 4.79 Å². The Balaban J connectivity index is 2.08. The van der Waals surface area contributed by atoms with Crippen molar-refractivity contribution >= 4 is 11.9 Å². The van der Waals surface area contributed by atoms with E-state index in [1.807, 2.05) is 30.3 Å². The largest absolute Gasteiger partial charge is 0.465 e. The molecule has 0 aliphatic carbocycles. The maximum absolute atomic E-state index is 12.4. The van der Waals surface area contributed by atoms with Crippen LogP contribution in [-0.2, 0) is 4.74 Å². The number of amides is 1. The topological polar surface area (TPSA) is 71.2 Å². The van der Waals surface area contributed by atoms with Crippen LogP contribution >= 0.6 is 0 Å². The van der Waals surface area contributed by atoms with Crippen molar-refractivity contribution in [3.05, 3.63) is 58.4 Å². The van der Waals surface area contributed by atoms with Crippen LogP contribution in [-0.4, -0.2) is 30.5 Å². The summed E-state index contributed by atoms with van der Waals surface area (Å²) in [5, 5.41) is 2.91. The molecule has 0 bridgehead atoms. The van der Waals surface area contributed by atoms with Crippen molar-refractivity contribution in [2.75, 3.05) is 13.7 Å². The predicted octanol–water partition coefficient (Wildman–Crippen LogP) is 2.95. The number of methoxy groups -OCH3 is 1. The number of ether oxygens (including phenoxy) is 1. The SMILES string of the molecule is COC(=O)c1c(C)[nH]c(C(=O)NCC(C)c2ccccc2)c1C. The van der Waals surface area contributed by atoms with Crippen LogP contribution in [0.1, 0.15) is 50.5 Å². The van der Waals surface area contributed by atoms with E-state index in [1.165, 1.54) is 12.7 Å². The highest BCUT2D eigenvalue weighted by molar-refractivity contribution is 6.00. The zero-order chi connectivity index (χ0) is 17.0. The first-order chi connectivity index (χ1) is 11.0. The van der Waals surface area contributed by atoms with Crippen molar-refractivity contribution in [1.29, 1.82) is 0 Å². The molecule has 2 rings (SSSR count).